The highest BCUT2D eigenvalue weighted by Crippen LogP contribution is 2.31. The van der Waals surface area contributed by atoms with E-state index in [9.17, 15) is 20.0 Å². The summed E-state index contributed by atoms with van der Waals surface area (Å²) in [4.78, 5) is 23.0. The van der Waals surface area contributed by atoms with Gasteiger partial charge in [0.05, 0.1) is 21.8 Å². The van der Waals surface area contributed by atoms with Crippen LogP contribution in [-0.4, -0.2) is 39.8 Å². The van der Waals surface area contributed by atoms with Crippen LogP contribution >= 0.6 is 0 Å². The van der Waals surface area contributed by atoms with Gasteiger partial charge in [-0.15, -0.1) is 0 Å². The molecule has 0 bridgehead atoms. The number of carbonyl (C=O) groups is 1. The molecule has 1 fully saturated rings. The number of anilines is 1. The Labute approximate surface area is 109 Å². The number of carboxylic acids is 1. The van der Waals surface area contributed by atoms with E-state index in [4.69, 9.17) is 5.11 Å². The van der Waals surface area contributed by atoms with Crippen molar-refractivity contribution in [2.24, 2.45) is 0 Å². The molecule has 1 atom stereocenters. The Balaban J connectivity index is 2.41. The van der Waals surface area contributed by atoms with Gasteiger partial charge in [-0.05, 0) is 19.4 Å². The minimum atomic E-state index is -1.22. The molecule has 1 aliphatic heterocycles. The lowest BCUT2D eigenvalue weighted by molar-refractivity contribution is -0.384. The Morgan fingerprint density at radius 1 is 1.53 bits per heavy atom. The molecule has 2 rings (SSSR count). The van der Waals surface area contributed by atoms with E-state index in [1.54, 1.807) is 11.8 Å². The zero-order chi connectivity index (χ0) is 14.2. The van der Waals surface area contributed by atoms with E-state index in [2.05, 4.69) is 0 Å². The van der Waals surface area contributed by atoms with E-state index >= 15 is 0 Å². The molecule has 1 aliphatic rings. The van der Waals surface area contributed by atoms with Gasteiger partial charge in [0.2, 0.25) is 0 Å². The van der Waals surface area contributed by atoms with Gasteiger partial charge >= 0.3 is 5.97 Å². The van der Waals surface area contributed by atoms with Crippen LogP contribution in [0.2, 0.25) is 0 Å². The maximum atomic E-state index is 11.2. The molecule has 102 valence electrons. The minimum Gasteiger partial charge on any atom is -0.478 e. The summed E-state index contributed by atoms with van der Waals surface area (Å²) in [6.07, 6.45) is 0.531. The number of nitro groups is 1. The van der Waals surface area contributed by atoms with Gasteiger partial charge in [0.15, 0.2) is 0 Å². The van der Waals surface area contributed by atoms with Gasteiger partial charge in [-0.2, -0.15) is 0 Å². The number of nitrogens with zero attached hydrogens (tertiary/aromatic N) is 2. The number of benzene rings is 1. The second-order valence-corrected chi connectivity index (χ2v) is 4.93. The van der Waals surface area contributed by atoms with Gasteiger partial charge in [0.1, 0.15) is 0 Å². The van der Waals surface area contributed by atoms with Gasteiger partial charge < -0.3 is 15.1 Å². The first-order chi connectivity index (χ1) is 8.80. The van der Waals surface area contributed by atoms with Crippen LogP contribution in [0.4, 0.5) is 11.4 Å². The molecular formula is C12H14N2O5. The van der Waals surface area contributed by atoms with Crippen molar-refractivity contribution in [1.82, 2.24) is 0 Å². The molecule has 19 heavy (non-hydrogen) atoms. The minimum absolute atomic E-state index is 0.119. The molecule has 2 N–H and O–H groups in total. The number of non-ortho nitro benzene ring substituents is 1. The van der Waals surface area contributed by atoms with Crippen LogP contribution in [0.1, 0.15) is 23.7 Å². The third-order valence-corrected chi connectivity index (χ3v) is 3.21. The average molecular weight is 266 g/mol. The Bertz CT molecular complexity index is 541. The third kappa shape index (κ3) is 2.65. The van der Waals surface area contributed by atoms with Crippen LogP contribution in [0.3, 0.4) is 0 Å². The molecule has 1 saturated heterocycles. The summed E-state index contributed by atoms with van der Waals surface area (Å²) in [5, 5.41) is 29.7. The fraction of sp³-hybridized carbons (Fsp3) is 0.417. The highest BCUT2D eigenvalue weighted by Gasteiger charge is 2.33. The number of nitro benzene ring substituents is 1. The molecule has 0 amide bonds. The van der Waals surface area contributed by atoms with Crippen LogP contribution in [0, 0.1) is 10.1 Å². The van der Waals surface area contributed by atoms with Crippen molar-refractivity contribution in [2.75, 3.05) is 18.0 Å². The van der Waals surface area contributed by atoms with Gasteiger partial charge in [-0.1, -0.05) is 0 Å². The molecule has 1 aromatic carbocycles. The second kappa shape index (κ2) is 4.51. The summed E-state index contributed by atoms with van der Waals surface area (Å²) in [6.45, 7) is 2.51. The normalized spacial score (nSPS) is 22.5. The summed E-state index contributed by atoms with van der Waals surface area (Å²) < 4.78 is 0. The van der Waals surface area contributed by atoms with Gasteiger partial charge in [-0.25, -0.2) is 4.79 Å². The third-order valence-electron chi connectivity index (χ3n) is 3.21. The van der Waals surface area contributed by atoms with Gasteiger partial charge in [0, 0.05) is 25.2 Å². The largest absolute Gasteiger partial charge is 0.478 e. The Hall–Kier alpha value is -2.15. The molecule has 0 saturated carbocycles. The van der Waals surface area contributed by atoms with E-state index in [1.807, 2.05) is 0 Å². The maximum absolute atomic E-state index is 11.2. The fourth-order valence-corrected chi connectivity index (χ4v) is 2.24. The summed E-state index contributed by atoms with van der Waals surface area (Å²) in [5.41, 5.74) is -0.841. The van der Waals surface area contributed by atoms with Crippen molar-refractivity contribution in [2.45, 2.75) is 18.9 Å². The molecule has 0 spiro atoms. The smallest absolute Gasteiger partial charge is 0.338 e. The molecule has 7 heteroatoms. The van der Waals surface area contributed by atoms with Crippen LogP contribution in [0.5, 0.6) is 0 Å². The number of rotatable bonds is 3. The molecule has 0 aromatic heterocycles. The van der Waals surface area contributed by atoms with E-state index in [0.717, 1.165) is 6.07 Å². The Morgan fingerprint density at radius 3 is 2.68 bits per heavy atom. The lowest BCUT2D eigenvalue weighted by atomic mass is 10.1. The van der Waals surface area contributed by atoms with E-state index in [1.165, 1.54) is 12.1 Å². The highest BCUT2D eigenvalue weighted by atomic mass is 16.6. The van der Waals surface area contributed by atoms with Crippen molar-refractivity contribution in [3.63, 3.8) is 0 Å². The monoisotopic (exact) mass is 266 g/mol. The zero-order valence-electron chi connectivity index (χ0n) is 10.4. The Kier molecular flexibility index (Phi) is 3.15. The summed E-state index contributed by atoms with van der Waals surface area (Å²) in [6, 6.07) is 3.74. The van der Waals surface area contributed by atoms with Crippen molar-refractivity contribution >= 4 is 17.3 Å². The SMILES string of the molecule is CC1(O)CCN(c2ccc([N+](=O)[O-])cc2C(=O)O)C1. The van der Waals surface area contributed by atoms with Gasteiger partial charge in [-0.3, -0.25) is 10.1 Å². The zero-order valence-corrected chi connectivity index (χ0v) is 10.4. The number of hydrogen-bond donors (Lipinski definition) is 2. The number of aliphatic hydroxyl groups is 1. The predicted octanol–water partition coefficient (Wildman–Crippen LogP) is 1.25. The standard InChI is InChI=1S/C12H14N2O5/c1-12(17)4-5-13(7-12)10-3-2-8(14(18)19)6-9(10)11(15)16/h2-3,6,17H,4-5,7H2,1H3,(H,15,16). The van der Waals surface area contributed by atoms with Crippen LogP contribution < -0.4 is 4.90 Å². The first-order valence-corrected chi connectivity index (χ1v) is 5.79. The number of aromatic carboxylic acids is 1. The summed E-state index contributed by atoms with van der Waals surface area (Å²) >= 11 is 0. The van der Waals surface area contributed by atoms with Crippen molar-refractivity contribution in [3.8, 4) is 0 Å². The van der Waals surface area contributed by atoms with Crippen molar-refractivity contribution in [3.05, 3.63) is 33.9 Å². The predicted molar refractivity (Wildman–Crippen MR) is 67.5 cm³/mol. The van der Waals surface area contributed by atoms with E-state index < -0.39 is 16.5 Å². The topological polar surface area (TPSA) is 104 Å². The number of carboxylic acid groups (broad SMARTS) is 1. The molecule has 1 unspecified atom stereocenters. The van der Waals surface area contributed by atoms with Crippen molar-refractivity contribution in [1.29, 1.82) is 0 Å². The molecule has 7 nitrogen and oxygen atoms in total. The number of β-amino-alcohol motifs (C(OH)–C–C–N with tert-alkyl or cyclic N) is 1. The molecular weight excluding hydrogens is 252 g/mol. The number of hydrogen-bond acceptors (Lipinski definition) is 5. The first-order valence-electron chi connectivity index (χ1n) is 5.79. The van der Waals surface area contributed by atoms with Crippen LogP contribution in [-0.2, 0) is 0 Å². The molecule has 0 aliphatic carbocycles. The van der Waals surface area contributed by atoms with Crippen LogP contribution in [0.15, 0.2) is 18.2 Å². The lowest BCUT2D eigenvalue weighted by Gasteiger charge is -2.22. The summed E-state index contributed by atoms with van der Waals surface area (Å²) in [5.74, 6) is -1.22. The Morgan fingerprint density at radius 2 is 2.21 bits per heavy atom. The van der Waals surface area contributed by atoms with Crippen LogP contribution in [0.25, 0.3) is 0 Å². The second-order valence-electron chi connectivity index (χ2n) is 4.93. The first kappa shape index (κ1) is 13.3. The summed E-state index contributed by atoms with van der Waals surface area (Å²) in [7, 11) is 0. The fourth-order valence-electron chi connectivity index (χ4n) is 2.24. The lowest BCUT2D eigenvalue weighted by Crippen LogP contribution is -2.30. The molecule has 1 heterocycles. The van der Waals surface area contributed by atoms with Crippen molar-refractivity contribution < 1.29 is 19.9 Å². The van der Waals surface area contributed by atoms with Gasteiger partial charge in [0.25, 0.3) is 5.69 Å². The molecule has 1 aromatic rings. The average Bonchev–Trinajstić information content (AvgIpc) is 2.68. The maximum Gasteiger partial charge on any atom is 0.338 e. The highest BCUT2D eigenvalue weighted by molar-refractivity contribution is 5.95. The van der Waals surface area contributed by atoms with E-state index in [-0.39, 0.29) is 11.3 Å². The van der Waals surface area contributed by atoms with E-state index in [0.29, 0.717) is 25.2 Å². The quantitative estimate of drug-likeness (QED) is 0.630. The molecule has 0 radical (unpaired) electrons.